The second kappa shape index (κ2) is 3.50. The molecular weight excluding hydrogens is 152 g/mol. The topological polar surface area (TPSA) is 0 Å². The van der Waals surface area contributed by atoms with Crippen molar-refractivity contribution in [2.24, 2.45) is 0 Å². The van der Waals surface area contributed by atoms with E-state index in [0.717, 1.165) is 10.5 Å². The van der Waals surface area contributed by atoms with Crippen molar-refractivity contribution in [2.45, 2.75) is 18.7 Å². The van der Waals surface area contributed by atoms with E-state index >= 15 is 0 Å². The fourth-order valence-corrected chi connectivity index (χ4v) is 1.22. The lowest BCUT2D eigenvalue weighted by Gasteiger charge is -1.97. The fourth-order valence-electron chi connectivity index (χ4n) is 0.882. The quantitative estimate of drug-likeness (QED) is 0.440. The zero-order valence-corrected chi connectivity index (χ0v) is 7.57. The Morgan fingerprint density at radius 1 is 1.36 bits per heavy atom. The highest BCUT2D eigenvalue weighted by atomic mass is 32.1. The van der Waals surface area contributed by atoms with Gasteiger partial charge in [0.1, 0.15) is 0 Å². The minimum Gasteiger partial charge on any atom is -0.142 e. The number of rotatable bonds is 0. The molecule has 0 aliphatic heterocycles. The lowest BCUT2D eigenvalue weighted by molar-refractivity contribution is 1.34. The van der Waals surface area contributed by atoms with Crippen LogP contribution in [0.1, 0.15) is 18.1 Å². The van der Waals surface area contributed by atoms with E-state index in [1.807, 2.05) is 32.0 Å². The van der Waals surface area contributed by atoms with E-state index in [4.69, 9.17) is 0 Å². The molecule has 0 nitrogen and oxygen atoms in total. The predicted molar refractivity (Wildman–Crippen MR) is 51.0 cm³/mol. The standard InChI is InChI=1S/C10H10S/c1-3-4-9-6-5-8(2)7-10(9)11/h5-7,11H,1-2H3. The van der Waals surface area contributed by atoms with Crippen LogP contribution in [-0.2, 0) is 0 Å². The molecule has 0 aliphatic carbocycles. The number of aryl methyl sites for hydroxylation is 1. The summed E-state index contributed by atoms with van der Waals surface area (Å²) in [7, 11) is 0. The summed E-state index contributed by atoms with van der Waals surface area (Å²) in [6, 6.07) is 6.05. The third-order valence-electron chi connectivity index (χ3n) is 1.41. The van der Waals surface area contributed by atoms with Crippen molar-refractivity contribution >= 4 is 12.6 Å². The number of hydrogen-bond acceptors (Lipinski definition) is 1. The zero-order chi connectivity index (χ0) is 8.27. The van der Waals surface area contributed by atoms with Crippen LogP contribution in [0, 0.1) is 18.8 Å². The van der Waals surface area contributed by atoms with Gasteiger partial charge in [-0.3, -0.25) is 0 Å². The highest BCUT2D eigenvalue weighted by molar-refractivity contribution is 7.80. The molecule has 0 atom stereocenters. The van der Waals surface area contributed by atoms with Gasteiger partial charge in [-0.25, -0.2) is 0 Å². The van der Waals surface area contributed by atoms with Crippen molar-refractivity contribution in [3.63, 3.8) is 0 Å². The predicted octanol–water partition coefficient (Wildman–Crippen LogP) is 2.66. The van der Waals surface area contributed by atoms with Crippen molar-refractivity contribution in [2.75, 3.05) is 0 Å². The lowest BCUT2D eigenvalue weighted by atomic mass is 10.1. The van der Waals surface area contributed by atoms with Gasteiger partial charge in [-0.15, -0.1) is 18.5 Å². The average molecular weight is 162 g/mol. The Bertz CT molecular complexity index is 315. The number of hydrogen-bond donors (Lipinski definition) is 1. The Morgan fingerprint density at radius 3 is 2.64 bits per heavy atom. The molecular formula is C10H10S. The minimum atomic E-state index is 0.958. The van der Waals surface area contributed by atoms with E-state index in [1.54, 1.807) is 0 Å². The molecule has 0 heterocycles. The lowest BCUT2D eigenvalue weighted by Crippen LogP contribution is -1.79. The van der Waals surface area contributed by atoms with Crippen molar-refractivity contribution < 1.29 is 0 Å². The first kappa shape index (κ1) is 8.23. The van der Waals surface area contributed by atoms with Crippen molar-refractivity contribution in [3.05, 3.63) is 29.3 Å². The van der Waals surface area contributed by atoms with Crippen LogP contribution in [0.15, 0.2) is 23.1 Å². The van der Waals surface area contributed by atoms with Crippen LogP contribution < -0.4 is 0 Å². The van der Waals surface area contributed by atoms with Crippen LogP contribution in [0.4, 0.5) is 0 Å². The molecule has 1 aromatic rings. The minimum absolute atomic E-state index is 0.958. The third kappa shape index (κ3) is 2.03. The van der Waals surface area contributed by atoms with Gasteiger partial charge < -0.3 is 0 Å². The molecule has 0 aliphatic rings. The number of benzene rings is 1. The summed E-state index contributed by atoms with van der Waals surface area (Å²) in [5, 5.41) is 0. The first-order chi connectivity index (χ1) is 5.24. The first-order valence-corrected chi connectivity index (χ1v) is 3.91. The summed E-state index contributed by atoms with van der Waals surface area (Å²) in [6.45, 7) is 3.87. The summed E-state index contributed by atoms with van der Waals surface area (Å²) in [5.74, 6) is 5.82. The van der Waals surface area contributed by atoms with Crippen LogP contribution in [0.5, 0.6) is 0 Å². The maximum absolute atomic E-state index is 4.30. The summed E-state index contributed by atoms with van der Waals surface area (Å²) in [4.78, 5) is 0.958. The summed E-state index contributed by atoms with van der Waals surface area (Å²) in [6.07, 6.45) is 0. The van der Waals surface area contributed by atoms with Gasteiger partial charge in [-0.2, -0.15) is 0 Å². The van der Waals surface area contributed by atoms with E-state index in [0.29, 0.717) is 0 Å². The molecule has 0 radical (unpaired) electrons. The molecule has 1 rings (SSSR count). The summed E-state index contributed by atoms with van der Waals surface area (Å²) in [5.41, 5.74) is 2.22. The SMILES string of the molecule is CC#Cc1ccc(C)cc1S. The van der Waals surface area contributed by atoms with Gasteiger partial charge in [0.15, 0.2) is 0 Å². The third-order valence-corrected chi connectivity index (χ3v) is 1.78. The Balaban J connectivity index is 3.16. The van der Waals surface area contributed by atoms with Gasteiger partial charge >= 0.3 is 0 Å². The molecule has 56 valence electrons. The van der Waals surface area contributed by atoms with Crippen molar-refractivity contribution in [1.29, 1.82) is 0 Å². The maximum atomic E-state index is 4.30. The summed E-state index contributed by atoms with van der Waals surface area (Å²) >= 11 is 4.30. The van der Waals surface area contributed by atoms with E-state index in [-0.39, 0.29) is 0 Å². The van der Waals surface area contributed by atoms with E-state index in [1.165, 1.54) is 5.56 Å². The molecule has 0 saturated carbocycles. The molecule has 0 spiro atoms. The van der Waals surface area contributed by atoms with Gasteiger partial charge in [-0.05, 0) is 31.5 Å². The Labute approximate surface area is 73.0 Å². The van der Waals surface area contributed by atoms with Crippen LogP contribution in [0.25, 0.3) is 0 Å². The van der Waals surface area contributed by atoms with Crippen LogP contribution in [0.3, 0.4) is 0 Å². The Hall–Kier alpha value is -0.870. The largest absolute Gasteiger partial charge is 0.142 e. The second-order valence-corrected chi connectivity index (χ2v) is 2.88. The highest BCUT2D eigenvalue weighted by Crippen LogP contribution is 2.13. The highest BCUT2D eigenvalue weighted by Gasteiger charge is 1.93. The molecule has 0 unspecified atom stereocenters. The van der Waals surface area contributed by atoms with Gasteiger partial charge in [0.2, 0.25) is 0 Å². The Kier molecular flexibility index (Phi) is 2.62. The van der Waals surface area contributed by atoms with Crippen LogP contribution in [0.2, 0.25) is 0 Å². The molecule has 0 aromatic heterocycles. The maximum Gasteiger partial charge on any atom is 0.0378 e. The zero-order valence-electron chi connectivity index (χ0n) is 6.68. The van der Waals surface area contributed by atoms with Crippen molar-refractivity contribution in [1.82, 2.24) is 0 Å². The second-order valence-electron chi connectivity index (χ2n) is 2.40. The number of thiol groups is 1. The fraction of sp³-hybridized carbons (Fsp3) is 0.200. The molecule has 0 fully saturated rings. The normalized spacial score (nSPS) is 8.64. The monoisotopic (exact) mass is 162 g/mol. The smallest absolute Gasteiger partial charge is 0.0378 e. The van der Waals surface area contributed by atoms with Gasteiger partial charge in [0.05, 0.1) is 0 Å². The average Bonchev–Trinajstić information content (AvgIpc) is 1.95. The van der Waals surface area contributed by atoms with Gasteiger partial charge in [0.25, 0.3) is 0 Å². The van der Waals surface area contributed by atoms with Gasteiger partial charge in [-0.1, -0.05) is 12.0 Å². The van der Waals surface area contributed by atoms with Crippen molar-refractivity contribution in [3.8, 4) is 11.8 Å². The summed E-state index contributed by atoms with van der Waals surface area (Å²) < 4.78 is 0. The van der Waals surface area contributed by atoms with Crippen LogP contribution >= 0.6 is 12.6 Å². The van der Waals surface area contributed by atoms with Gasteiger partial charge in [0, 0.05) is 10.5 Å². The molecule has 1 heteroatoms. The van der Waals surface area contributed by atoms with E-state index in [2.05, 4.69) is 24.5 Å². The molecule has 0 N–H and O–H groups in total. The van der Waals surface area contributed by atoms with E-state index in [9.17, 15) is 0 Å². The molecule has 0 amide bonds. The van der Waals surface area contributed by atoms with Crippen LogP contribution in [-0.4, -0.2) is 0 Å². The molecule has 11 heavy (non-hydrogen) atoms. The first-order valence-electron chi connectivity index (χ1n) is 3.46. The van der Waals surface area contributed by atoms with E-state index < -0.39 is 0 Å². The Morgan fingerprint density at radius 2 is 2.09 bits per heavy atom. The molecule has 1 aromatic carbocycles. The molecule has 0 bridgehead atoms. The molecule has 0 saturated heterocycles.